The molecule has 9 heteroatoms. The molecule has 17 heavy (non-hydrogen) atoms. The van der Waals surface area contributed by atoms with Gasteiger partial charge in [0.2, 0.25) is 10.0 Å². The first-order chi connectivity index (χ1) is 7.97. The first-order valence-electron chi connectivity index (χ1n) is 4.57. The number of hydrogen-bond acceptors (Lipinski definition) is 5. The van der Waals surface area contributed by atoms with Crippen LogP contribution in [-0.2, 0) is 23.6 Å². The fraction of sp³-hybridized carbons (Fsp3) is 0.250. The molecule has 0 saturated heterocycles. The highest BCUT2D eigenvalue weighted by Crippen LogP contribution is 2.25. The third-order valence-electron chi connectivity index (χ3n) is 1.88. The van der Waals surface area contributed by atoms with Crippen molar-refractivity contribution in [3.63, 3.8) is 0 Å². The lowest BCUT2D eigenvalue weighted by atomic mass is 10.6. The molecule has 0 unspecified atom stereocenters. The molecule has 0 aromatic carbocycles. The van der Waals surface area contributed by atoms with Crippen LogP contribution in [-0.4, -0.2) is 23.2 Å². The van der Waals surface area contributed by atoms with Crippen LogP contribution in [0.5, 0.6) is 0 Å². The minimum atomic E-state index is -3.48. The summed E-state index contributed by atoms with van der Waals surface area (Å²) in [5.41, 5.74) is 0. The maximum atomic E-state index is 11.8. The fourth-order valence-corrected chi connectivity index (χ4v) is 4.17. The molecule has 0 saturated carbocycles. The Morgan fingerprint density at radius 3 is 2.82 bits per heavy atom. The van der Waals surface area contributed by atoms with Crippen molar-refractivity contribution in [3.05, 3.63) is 28.1 Å². The molecule has 0 fully saturated rings. The summed E-state index contributed by atoms with van der Waals surface area (Å²) in [6.07, 6.45) is 1.52. The van der Waals surface area contributed by atoms with Gasteiger partial charge < -0.3 is 0 Å². The largest absolute Gasteiger partial charge is 0.256 e. The standard InChI is InChI=1S/C8H9BrN4O2S2/c1-13-5-10-7(12-13)4-11-17(14,15)8-3-2-6(9)16-8/h2-3,5,11H,4H2,1H3. The Morgan fingerprint density at radius 1 is 1.53 bits per heavy atom. The van der Waals surface area contributed by atoms with Gasteiger partial charge in [-0.1, -0.05) is 0 Å². The number of nitrogens with one attached hydrogen (secondary N) is 1. The van der Waals surface area contributed by atoms with E-state index in [1.165, 1.54) is 11.0 Å². The van der Waals surface area contributed by atoms with Gasteiger partial charge in [-0.3, -0.25) is 4.68 Å². The predicted molar refractivity (Wildman–Crippen MR) is 67.0 cm³/mol. The molecule has 2 aromatic rings. The Balaban J connectivity index is 2.08. The summed E-state index contributed by atoms with van der Waals surface area (Å²) in [7, 11) is -1.76. The zero-order chi connectivity index (χ0) is 12.5. The van der Waals surface area contributed by atoms with Crippen molar-refractivity contribution in [1.82, 2.24) is 19.5 Å². The molecule has 0 atom stereocenters. The molecule has 0 radical (unpaired) electrons. The first-order valence-corrected chi connectivity index (χ1v) is 7.66. The quantitative estimate of drug-likeness (QED) is 0.907. The number of aromatic nitrogens is 3. The molecule has 2 rings (SSSR count). The SMILES string of the molecule is Cn1cnc(CNS(=O)(=O)c2ccc(Br)s2)n1. The van der Waals surface area contributed by atoms with Crippen LogP contribution < -0.4 is 4.72 Å². The minimum Gasteiger partial charge on any atom is -0.256 e. The van der Waals surface area contributed by atoms with E-state index in [1.54, 1.807) is 19.2 Å². The predicted octanol–water partition coefficient (Wildman–Crippen LogP) is 1.12. The Hall–Kier alpha value is -0.770. The summed E-state index contributed by atoms with van der Waals surface area (Å²) in [6.45, 7) is 0.0820. The van der Waals surface area contributed by atoms with Crippen LogP contribution in [0.25, 0.3) is 0 Å². The maximum Gasteiger partial charge on any atom is 0.250 e. The average molecular weight is 337 g/mol. The molecule has 0 aliphatic rings. The molecule has 6 nitrogen and oxygen atoms in total. The number of rotatable bonds is 4. The second-order valence-corrected chi connectivity index (χ2v) is 7.67. The Kier molecular flexibility index (Phi) is 3.61. The van der Waals surface area contributed by atoms with Gasteiger partial charge in [0.1, 0.15) is 10.5 Å². The Bertz CT molecular complexity index is 619. The van der Waals surface area contributed by atoms with E-state index in [4.69, 9.17) is 0 Å². The number of thiophene rings is 1. The van der Waals surface area contributed by atoms with Crippen LogP contribution in [0.4, 0.5) is 0 Å². The monoisotopic (exact) mass is 336 g/mol. The van der Waals surface area contributed by atoms with Gasteiger partial charge in [-0.05, 0) is 28.1 Å². The van der Waals surface area contributed by atoms with Crippen molar-refractivity contribution < 1.29 is 8.42 Å². The normalized spacial score (nSPS) is 11.9. The highest BCUT2D eigenvalue weighted by Gasteiger charge is 2.16. The number of sulfonamides is 1. The van der Waals surface area contributed by atoms with Crippen LogP contribution in [0.3, 0.4) is 0 Å². The van der Waals surface area contributed by atoms with Crippen LogP contribution in [0, 0.1) is 0 Å². The summed E-state index contributed by atoms with van der Waals surface area (Å²) in [6, 6.07) is 3.24. The molecule has 0 amide bonds. The van der Waals surface area contributed by atoms with Gasteiger partial charge in [0.05, 0.1) is 10.3 Å². The summed E-state index contributed by atoms with van der Waals surface area (Å²) in [5, 5.41) is 3.99. The number of halogens is 1. The lowest BCUT2D eigenvalue weighted by Gasteiger charge is -2.01. The topological polar surface area (TPSA) is 76.9 Å². The zero-order valence-corrected chi connectivity index (χ0v) is 12.0. The molecule has 0 spiro atoms. The smallest absolute Gasteiger partial charge is 0.250 e. The Morgan fingerprint density at radius 2 is 2.29 bits per heavy atom. The molecule has 0 aliphatic carbocycles. The van der Waals surface area contributed by atoms with Gasteiger partial charge in [0.15, 0.2) is 5.82 Å². The first kappa shape index (κ1) is 12.7. The van der Waals surface area contributed by atoms with E-state index >= 15 is 0 Å². The molecule has 92 valence electrons. The van der Waals surface area contributed by atoms with Crippen LogP contribution in [0.1, 0.15) is 5.82 Å². The molecule has 0 aliphatic heterocycles. The molecular formula is C8H9BrN4O2S2. The average Bonchev–Trinajstić information content (AvgIpc) is 2.85. The van der Waals surface area contributed by atoms with Crippen LogP contribution in [0.2, 0.25) is 0 Å². The molecular weight excluding hydrogens is 328 g/mol. The number of nitrogens with zero attached hydrogens (tertiary/aromatic N) is 3. The second-order valence-electron chi connectivity index (χ2n) is 3.22. The molecule has 0 bridgehead atoms. The highest BCUT2D eigenvalue weighted by molar-refractivity contribution is 9.11. The van der Waals surface area contributed by atoms with E-state index in [0.717, 1.165) is 15.1 Å². The second kappa shape index (κ2) is 4.84. The van der Waals surface area contributed by atoms with Crippen molar-refractivity contribution >= 4 is 37.3 Å². The highest BCUT2D eigenvalue weighted by atomic mass is 79.9. The summed E-state index contributed by atoms with van der Waals surface area (Å²) in [4.78, 5) is 3.94. The maximum absolute atomic E-state index is 11.8. The lowest BCUT2D eigenvalue weighted by Crippen LogP contribution is -2.23. The van der Waals surface area contributed by atoms with Gasteiger partial charge in [-0.15, -0.1) is 11.3 Å². The molecule has 2 heterocycles. The van der Waals surface area contributed by atoms with E-state index in [-0.39, 0.29) is 10.8 Å². The van der Waals surface area contributed by atoms with Gasteiger partial charge in [0, 0.05) is 7.05 Å². The van der Waals surface area contributed by atoms with E-state index in [1.807, 2.05) is 0 Å². The lowest BCUT2D eigenvalue weighted by molar-refractivity contribution is 0.581. The van der Waals surface area contributed by atoms with Crippen LogP contribution in [0.15, 0.2) is 26.5 Å². The number of aryl methyl sites for hydroxylation is 1. The summed E-state index contributed by atoms with van der Waals surface area (Å²) in [5.74, 6) is 0.437. The number of hydrogen-bond donors (Lipinski definition) is 1. The van der Waals surface area contributed by atoms with E-state index in [9.17, 15) is 8.42 Å². The fourth-order valence-electron chi connectivity index (χ4n) is 1.14. The zero-order valence-electron chi connectivity index (χ0n) is 8.79. The van der Waals surface area contributed by atoms with Gasteiger partial charge in [0.25, 0.3) is 0 Å². The van der Waals surface area contributed by atoms with Crippen molar-refractivity contribution in [1.29, 1.82) is 0 Å². The van der Waals surface area contributed by atoms with Crippen molar-refractivity contribution in [2.45, 2.75) is 10.8 Å². The minimum absolute atomic E-state index is 0.0820. The molecule has 2 aromatic heterocycles. The van der Waals surface area contributed by atoms with Crippen molar-refractivity contribution in [2.75, 3.05) is 0 Å². The van der Waals surface area contributed by atoms with Gasteiger partial charge in [-0.25, -0.2) is 18.1 Å². The Labute approximate surface area is 111 Å². The van der Waals surface area contributed by atoms with Crippen LogP contribution >= 0.6 is 27.3 Å². The van der Waals surface area contributed by atoms with Gasteiger partial charge >= 0.3 is 0 Å². The van der Waals surface area contributed by atoms with Crippen molar-refractivity contribution in [3.8, 4) is 0 Å². The summed E-state index contributed by atoms with van der Waals surface area (Å²) < 4.78 is 28.7. The van der Waals surface area contributed by atoms with Gasteiger partial charge in [-0.2, -0.15) is 5.10 Å². The third kappa shape index (κ3) is 3.12. The van der Waals surface area contributed by atoms with E-state index in [2.05, 4.69) is 30.7 Å². The van der Waals surface area contributed by atoms with E-state index < -0.39 is 10.0 Å². The van der Waals surface area contributed by atoms with E-state index in [0.29, 0.717) is 5.82 Å². The summed E-state index contributed by atoms with van der Waals surface area (Å²) >= 11 is 4.38. The molecule has 1 N–H and O–H groups in total. The third-order valence-corrected chi connectivity index (χ3v) is 5.40. The van der Waals surface area contributed by atoms with Crippen molar-refractivity contribution in [2.24, 2.45) is 7.05 Å².